The average molecular weight is 321 g/mol. The third-order valence-corrected chi connectivity index (χ3v) is 4.16. The van der Waals surface area contributed by atoms with Gasteiger partial charge in [0.1, 0.15) is 5.82 Å². The van der Waals surface area contributed by atoms with Crippen LogP contribution in [0.15, 0.2) is 42.5 Å². The predicted octanol–water partition coefficient (Wildman–Crippen LogP) is 4.46. The molecule has 0 radical (unpaired) electrons. The van der Waals surface area contributed by atoms with Crippen molar-refractivity contribution in [2.45, 2.75) is 39.7 Å². The zero-order chi connectivity index (χ0) is 17.1. The van der Waals surface area contributed by atoms with Gasteiger partial charge in [0.15, 0.2) is 0 Å². The lowest BCUT2D eigenvalue weighted by atomic mass is 10.1. The molecule has 3 aromatic rings. The second-order valence-corrected chi connectivity index (χ2v) is 6.35. The molecular formula is C20H23N3O. The van der Waals surface area contributed by atoms with E-state index in [1.54, 1.807) is 0 Å². The number of aryl methyl sites for hydroxylation is 1. The highest BCUT2D eigenvalue weighted by molar-refractivity contribution is 5.94. The average Bonchev–Trinajstić information content (AvgIpc) is 2.98. The van der Waals surface area contributed by atoms with E-state index in [-0.39, 0.29) is 11.9 Å². The lowest BCUT2D eigenvalue weighted by molar-refractivity contribution is 0.0938. The third-order valence-electron chi connectivity index (χ3n) is 4.16. The van der Waals surface area contributed by atoms with Crippen LogP contribution in [-0.4, -0.2) is 21.9 Å². The van der Waals surface area contributed by atoms with E-state index in [1.165, 1.54) is 5.56 Å². The maximum atomic E-state index is 12.2. The van der Waals surface area contributed by atoms with Crippen LogP contribution in [0.1, 0.15) is 42.6 Å². The van der Waals surface area contributed by atoms with Crippen molar-refractivity contribution in [3.63, 3.8) is 0 Å². The molecule has 0 aliphatic heterocycles. The van der Waals surface area contributed by atoms with Crippen LogP contribution in [0.4, 0.5) is 0 Å². The molecule has 0 bridgehead atoms. The molecule has 0 saturated carbocycles. The number of imidazole rings is 1. The van der Waals surface area contributed by atoms with Crippen molar-refractivity contribution in [2.75, 3.05) is 0 Å². The monoisotopic (exact) mass is 321 g/mol. The molecule has 0 fully saturated rings. The summed E-state index contributed by atoms with van der Waals surface area (Å²) < 4.78 is 0. The molecule has 2 N–H and O–H groups in total. The molecule has 1 unspecified atom stereocenters. The summed E-state index contributed by atoms with van der Waals surface area (Å²) in [6.07, 6.45) is 2.05. The van der Waals surface area contributed by atoms with E-state index >= 15 is 0 Å². The van der Waals surface area contributed by atoms with Gasteiger partial charge < -0.3 is 10.3 Å². The Hall–Kier alpha value is -2.62. The van der Waals surface area contributed by atoms with Crippen LogP contribution in [0, 0.1) is 6.92 Å². The Balaban J connectivity index is 1.79. The van der Waals surface area contributed by atoms with Gasteiger partial charge in [-0.1, -0.05) is 31.5 Å². The minimum absolute atomic E-state index is 0.0252. The van der Waals surface area contributed by atoms with Gasteiger partial charge in [0.05, 0.1) is 11.0 Å². The Morgan fingerprint density at radius 1 is 1.21 bits per heavy atom. The fourth-order valence-electron chi connectivity index (χ4n) is 2.85. The minimum atomic E-state index is -0.0252. The molecule has 4 nitrogen and oxygen atoms in total. The molecule has 1 aromatic heterocycles. The van der Waals surface area contributed by atoms with Crippen molar-refractivity contribution in [1.82, 2.24) is 15.3 Å². The lowest BCUT2D eigenvalue weighted by Crippen LogP contribution is -2.32. The number of amides is 1. The number of carbonyl (C=O) groups excluding carboxylic acids is 1. The Morgan fingerprint density at radius 2 is 1.96 bits per heavy atom. The first-order valence-corrected chi connectivity index (χ1v) is 8.44. The molecule has 0 spiro atoms. The molecule has 3 rings (SSSR count). The van der Waals surface area contributed by atoms with Crippen LogP contribution in [-0.2, 0) is 0 Å². The summed E-state index contributed by atoms with van der Waals surface area (Å²) in [7, 11) is 0. The van der Waals surface area contributed by atoms with Crippen LogP contribution in [0.5, 0.6) is 0 Å². The first-order valence-electron chi connectivity index (χ1n) is 8.44. The van der Waals surface area contributed by atoms with E-state index < -0.39 is 0 Å². The summed E-state index contributed by atoms with van der Waals surface area (Å²) in [4.78, 5) is 20.2. The number of H-pyrrole nitrogens is 1. The van der Waals surface area contributed by atoms with Crippen LogP contribution in [0.3, 0.4) is 0 Å². The molecule has 1 amide bonds. The number of carbonyl (C=O) groups is 1. The predicted molar refractivity (Wildman–Crippen MR) is 98.1 cm³/mol. The maximum Gasteiger partial charge on any atom is 0.251 e. The van der Waals surface area contributed by atoms with Crippen molar-refractivity contribution in [3.05, 3.63) is 53.6 Å². The molecule has 124 valence electrons. The summed E-state index contributed by atoms with van der Waals surface area (Å²) in [6.45, 7) is 6.21. The van der Waals surface area contributed by atoms with Crippen molar-refractivity contribution in [3.8, 4) is 11.4 Å². The molecule has 1 heterocycles. The van der Waals surface area contributed by atoms with E-state index in [0.717, 1.165) is 35.3 Å². The van der Waals surface area contributed by atoms with Gasteiger partial charge in [0.25, 0.3) is 5.91 Å². The van der Waals surface area contributed by atoms with Gasteiger partial charge in [-0.15, -0.1) is 0 Å². The number of aromatic amines is 1. The first kappa shape index (κ1) is 16.2. The highest BCUT2D eigenvalue weighted by atomic mass is 16.1. The number of nitrogens with one attached hydrogen (secondary N) is 2. The first-order chi connectivity index (χ1) is 11.6. The third kappa shape index (κ3) is 3.48. The highest BCUT2D eigenvalue weighted by Crippen LogP contribution is 2.21. The van der Waals surface area contributed by atoms with Gasteiger partial charge in [0, 0.05) is 17.2 Å². The van der Waals surface area contributed by atoms with Crippen molar-refractivity contribution >= 4 is 16.9 Å². The smallest absolute Gasteiger partial charge is 0.251 e. The number of hydrogen-bond acceptors (Lipinski definition) is 2. The molecule has 0 aliphatic carbocycles. The van der Waals surface area contributed by atoms with E-state index in [2.05, 4.69) is 41.3 Å². The second kappa shape index (κ2) is 6.87. The van der Waals surface area contributed by atoms with Crippen molar-refractivity contribution in [1.29, 1.82) is 0 Å². The molecule has 1 atom stereocenters. The molecule has 0 saturated heterocycles. The minimum Gasteiger partial charge on any atom is -0.350 e. The highest BCUT2D eigenvalue weighted by Gasteiger charge is 2.10. The van der Waals surface area contributed by atoms with E-state index in [0.29, 0.717) is 5.56 Å². The summed E-state index contributed by atoms with van der Waals surface area (Å²) in [5.74, 6) is 0.796. The van der Waals surface area contributed by atoms with Crippen molar-refractivity contribution < 1.29 is 4.79 Å². The van der Waals surface area contributed by atoms with Gasteiger partial charge >= 0.3 is 0 Å². The summed E-state index contributed by atoms with van der Waals surface area (Å²) in [5.41, 5.74) is 4.83. The normalized spacial score (nSPS) is 12.3. The zero-order valence-electron chi connectivity index (χ0n) is 14.4. The standard InChI is InChI=1S/C20H23N3O/c1-4-5-14(3)21-20(24)16-9-7-15(8-10-16)19-22-17-11-6-13(2)12-18(17)23-19/h6-12,14H,4-5H2,1-3H3,(H,21,24)(H,22,23). The molecule has 4 heteroatoms. The van der Waals surface area contributed by atoms with Gasteiger partial charge in [-0.2, -0.15) is 0 Å². The fourth-order valence-corrected chi connectivity index (χ4v) is 2.85. The van der Waals surface area contributed by atoms with Gasteiger partial charge in [-0.3, -0.25) is 4.79 Å². The van der Waals surface area contributed by atoms with Crippen LogP contribution >= 0.6 is 0 Å². The number of fused-ring (bicyclic) bond motifs is 1. The van der Waals surface area contributed by atoms with Crippen LogP contribution in [0.2, 0.25) is 0 Å². The number of aromatic nitrogens is 2. The Labute approximate surface area is 142 Å². The maximum absolute atomic E-state index is 12.2. The lowest BCUT2D eigenvalue weighted by Gasteiger charge is -2.12. The molecule has 2 aromatic carbocycles. The molecule has 24 heavy (non-hydrogen) atoms. The quantitative estimate of drug-likeness (QED) is 0.729. The number of hydrogen-bond donors (Lipinski definition) is 2. The number of benzene rings is 2. The van der Waals surface area contributed by atoms with E-state index in [4.69, 9.17) is 0 Å². The van der Waals surface area contributed by atoms with Gasteiger partial charge in [-0.05, 0) is 50.1 Å². The summed E-state index contributed by atoms with van der Waals surface area (Å²) in [5, 5.41) is 3.02. The molecule has 0 aliphatic rings. The Morgan fingerprint density at radius 3 is 2.67 bits per heavy atom. The van der Waals surface area contributed by atoms with E-state index in [1.807, 2.05) is 37.3 Å². The Kier molecular flexibility index (Phi) is 4.65. The van der Waals surface area contributed by atoms with E-state index in [9.17, 15) is 4.79 Å². The van der Waals surface area contributed by atoms with Crippen molar-refractivity contribution in [2.24, 2.45) is 0 Å². The van der Waals surface area contributed by atoms with Crippen LogP contribution < -0.4 is 5.32 Å². The van der Waals surface area contributed by atoms with Gasteiger partial charge in [0.2, 0.25) is 0 Å². The van der Waals surface area contributed by atoms with Crippen LogP contribution in [0.25, 0.3) is 22.4 Å². The Bertz CT molecular complexity index is 849. The number of rotatable bonds is 5. The topological polar surface area (TPSA) is 57.8 Å². The molecular weight excluding hydrogens is 298 g/mol. The summed E-state index contributed by atoms with van der Waals surface area (Å²) >= 11 is 0. The van der Waals surface area contributed by atoms with Gasteiger partial charge in [-0.25, -0.2) is 4.98 Å². The number of nitrogens with zero attached hydrogens (tertiary/aromatic N) is 1. The SMILES string of the molecule is CCCC(C)NC(=O)c1ccc(-c2nc3ccc(C)cc3[nH]2)cc1. The summed E-state index contributed by atoms with van der Waals surface area (Å²) in [6, 6.07) is 13.9. The largest absolute Gasteiger partial charge is 0.350 e. The zero-order valence-corrected chi connectivity index (χ0v) is 14.4. The fraction of sp³-hybridized carbons (Fsp3) is 0.300. The second-order valence-electron chi connectivity index (χ2n) is 6.35.